The number of aromatic hydroxyl groups is 1. The van der Waals surface area contributed by atoms with Gasteiger partial charge in [-0.05, 0) is 35.4 Å². The van der Waals surface area contributed by atoms with Crippen LogP contribution in [0.1, 0.15) is 11.1 Å². The average molecular weight is 385 g/mol. The second-order valence-electron chi connectivity index (χ2n) is 6.05. The number of pyridine rings is 1. The molecule has 0 aliphatic rings. The minimum atomic E-state index is -0.0331. The van der Waals surface area contributed by atoms with Crippen LogP contribution in [-0.4, -0.2) is 24.3 Å². The number of hydrogen-bond donors (Lipinski definition) is 1. The molecule has 1 aromatic heterocycles. The van der Waals surface area contributed by atoms with E-state index in [1.807, 2.05) is 48.5 Å². The van der Waals surface area contributed by atoms with Crippen molar-refractivity contribution in [3.05, 3.63) is 76.9 Å². The van der Waals surface area contributed by atoms with E-state index in [0.29, 0.717) is 18.9 Å². The van der Waals surface area contributed by atoms with E-state index in [1.54, 1.807) is 20.3 Å². The van der Waals surface area contributed by atoms with Gasteiger partial charge >= 0.3 is 0 Å². The summed E-state index contributed by atoms with van der Waals surface area (Å²) in [7, 11) is 3.29. The van der Waals surface area contributed by atoms with Gasteiger partial charge in [0.15, 0.2) is 5.75 Å². The first kappa shape index (κ1) is 18.9. The zero-order valence-corrected chi connectivity index (χ0v) is 16.0. The Balaban J connectivity index is 1.87. The summed E-state index contributed by atoms with van der Waals surface area (Å²) in [5, 5.41) is 9.95. The Hall–Kier alpha value is -2.92. The first-order valence-electron chi connectivity index (χ1n) is 8.44. The molecule has 0 bridgehead atoms. The summed E-state index contributed by atoms with van der Waals surface area (Å²) in [6, 6.07) is 17.4. The molecule has 6 heteroatoms. The van der Waals surface area contributed by atoms with E-state index in [0.717, 1.165) is 22.6 Å². The minimum Gasteiger partial charge on any atom is -0.505 e. The standard InChI is InChI=1S/C21H21ClN2O3/c1-26-17-7-3-15(4-8-17)13-24(21-11-19(22)20(25)12-23-21)14-16-5-9-18(27-2)10-6-16/h3-12,25H,13-14H2,1-2H3. The fourth-order valence-electron chi connectivity index (χ4n) is 2.71. The molecule has 140 valence electrons. The van der Waals surface area contributed by atoms with Gasteiger partial charge in [-0.1, -0.05) is 35.9 Å². The molecule has 0 fully saturated rings. The van der Waals surface area contributed by atoms with Gasteiger partial charge in [0.05, 0.1) is 25.4 Å². The van der Waals surface area contributed by atoms with E-state index in [1.165, 1.54) is 6.20 Å². The van der Waals surface area contributed by atoms with Crippen LogP contribution in [0.4, 0.5) is 5.82 Å². The van der Waals surface area contributed by atoms with E-state index in [-0.39, 0.29) is 10.8 Å². The van der Waals surface area contributed by atoms with E-state index >= 15 is 0 Å². The summed E-state index contributed by atoms with van der Waals surface area (Å²) < 4.78 is 10.4. The zero-order valence-electron chi connectivity index (χ0n) is 15.2. The van der Waals surface area contributed by atoms with Gasteiger partial charge in [0.1, 0.15) is 17.3 Å². The van der Waals surface area contributed by atoms with Gasteiger partial charge in [0, 0.05) is 19.2 Å². The lowest BCUT2D eigenvalue weighted by molar-refractivity contribution is 0.414. The second-order valence-corrected chi connectivity index (χ2v) is 6.45. The summed E-state index contributed by atoms with van der Waals surface area (Å²) >= 11 is 6.09. The first-order chi connectivity index (χ1) is 13.1. The van der Waals surface area contributed by atoms with Crippen LogP contribution in [0.3, 0.4) is 0 Å². The van der Waals surface area contributed by atoms with E-state index in [4.69, 9.17) is 21.1 Å². The molecule has 27 heavy (non-hydrogen) atoms. The SMILES string of the molecule is COc1ccc(CN(Cc2ccc(OC)cc2)c2cc(Cl)c(O)cn2)cc1. The third-order valence-corrected chi connectivity index (χ3v) is 4.51. The highest BCUT2D eigenvalue weighted by Crippen LogP contribution is 2.28. The molecule has 3 rings (SSSR count). The maximum absolute atomic E-state index is 9.68. The van der Waals surface area contributed by atoms with E-state index < -0.39 is 0 Å². The highest BCUT2D eigenvalue weighted by Gasteiger charge is 2.12. The highest BCUT2D eigenvalue weighted by molar-refractivity contribution is 6.32. The number of methoxy groups -OCH3 is 2. The molecule has 0 atom stereocenters. The lowest BCUT2D eigenvalue weighted by Gasteiger charge is -2.24. The first-order valence-corrected chi connectivity index (χ1v) is 8.82. The van der Waals surface area contributed by atoms with Crippen molar-refractivity contribution < 1.29 is 14.6 Å². The van der Waals surface area contributed by atoms with Gasteiger partial charge in [0.25, 0.3) is 0 Å². The summed E-state index contributed by atoms with van der Waals surface area (Å²) in [5.74, 6) is 2.27. The minimum absolute atomic E-state index is 0.0331. The fraction of sp³-hybridized carbons (Fsp3) is 0.190. The number of aromatic nitrogens is 1. The number of rotatable bonds is 7. The van der Waals surface area contributed by atoms with Gasteiger partial charge in [-0.15, -0.1) is 0 Å². The van der Waals surface area contributed by atoms with Crippen LogP contribution < -0.4 is 14.4 Å². The van der Waals surface area contributed by atoms with Crippen LogP contribution >= 0.6 is 11.6 Å². The fourth-order valence-corrected chi connectivity index (χ4v) is 2.85. The van der Waals surface area contributed by atoms with Gasteiger partial charge in [-0.25, -0.2) is 4.98 Å². The van der Waals surface area contributed by atoms with Crippen molar-refractivity contribution in [2.75, 3.05) is 19.1 Å². The Bertz CT molecular complexity index is 833. The highest BCUT2D eigenvalue weighted by atomic mass is 35.5. The topological polar surface area (TPSA) is 54.8 Å². The van der Waals surface area contributed by atoms with Gasteiger partial charge in [-0.3, -0.25) is 0 Å². The summed E-state index contributed by atoms with van der Waals surface area (Å²) in [4.78, 5) is 6.43. The molecule has 0 radical (unpaired) electrons. The molecule has 0 aliphatic heterocycles. The van der Waals surface area contributed by atoms with Crippen molar-refractivity contribution in [2.24, 2.45) is 0 Å². The van der Waals surface area contributed by atoms with Gasteiger partial charge < -0.3 is 19.5 Å². The predicted octanol–water partition coefficient (Wildman–Crippen LogP) is 4.66. The molecule has 0 aliphatic carbocycles. The lowest BCUT2D eigenvalue weighted by Crippen LogP contribution is -2.23. The number of nitrogens with zero attached hydrogens (tertiary/aromatic N) is 2. The zero-order chi connectivity index (χ0) is 19.2. The lowest BCUT2D eigenvalue weighted by atomic mass is 10.1. The normalized spacial score (nSPS) is 10.5. The predicted molar refractivity (Wildman–Crippen MR) is 107 cm³/mol. The number of hydrogen-bond acceptors (Lipinski definition) is 5. The molecular formula is C21H21ClN2O3. The maximum atomic E-state index is 9.68. The average Bonchev–Trinajstić information content (AvgIpc) is 2.70. The van der Waals surface area contributed by atoms with Crippen LogP contribution in [0.25, 0.3) is 0 Å². The van der Waals surface area contributed by atoms with Crippen LogP contribution in [0.2, 0.25) is 5.02 Å². The number of benzene rings is 2. The van der Waals surface area contributed by atoms with Crippen molar-refractivity contribution in [3.8, 4) is 17.2 Å². The molecule has 0 unspecified atom stereocenters. The molecule has 5 nitrogen and oxygen atoms in total. The van der Waals surface area contributed by atoms with Crippen molar-refractivity contribution in [1.29, 1.82) is 0 Å². The van der Waals surface area contributed by atoms with Gasteiger partial charge in [0.2, 0.25) is 0 Å². The smallest absolute Gasteiger partial charge is 0.152 e. The third kappa shape index (κ3) is 4.83. The second kappa shape index (κ2) is 8.64. The van der Waals surface area contributed by atoms with Crippen molar-refractivity contribution in [1.82, 2.24) is 4.98 Å². The number of halogens is 1. The van der Waals surface area contributed by atoms with E-state index in [2.05, 4.69) is 9.88 Å². The largest absolute Gasteiger partial charge is 0.505 e. The summed E-state index contributed by atoms with van der Waals surface area (Å²) in [6.45, 7) is 1.26. The Morgan fingerprint density at radius 1 is 0.889 bits per heavy atom. The monoisotopic (exact) mass is 384 g/mol. The van der Waals surface area contributed by atoms with Crippen molar-refractivity contribution in [3.63, 3.8) is 0 Å². The Kier molecular flexibility index (Phi) is 6.04. The van der Waals surface area contributed by atoms with Gasteiger partial charge in [-0.2, -0.15) is 0 Å². The van der Waals surface area contributed by atoms with E-state index in [9.17, 15) is 5.11 Å². The number of ether oxygens (including phenoxy) is 2. The summed E-state index contributed by atoms with van der Waals surface area (Å²) in [5.41, 5.74) is 2.21. The molecule has 0 amide bonds. The Morgan fingerprint density at radius 3 is 1.78 bits per heavy atom. The molecule has 1 heterocycles. The quantitative estimate of drug-likeness (QED) is 0.641. The molecular weight excluding hydrogens is 364 g/mol. The van der Waals surface area contributed by atoms with Crippen LogP contribution in [0, 0.1) is 0 Å². The number of anilines is 1. The van der Waals surface area contributed by atoms with Crippen LogP contribution in [-0.2, 0) is 13.1 Å². The Labute approximate surface area is 163 Å². The molecule has 2 aromatic carbocycles. The molecule has 3 aromatic rings. The van der Waals surface area contributed by atoms with Crippen LogP contribution in [0.5, 0.6) is 17.2 Å². The van der Waals surface area contributed by atoms with Crippen molar-refractivity contribution in [2.45, 2.75) is 13.1 Å². The molecule has 0 spiro atoms. The van der Waals surface area contributed by atoms with Crippen LogP contribution in [0.15, 0.2) is 60.8 Å². The molecule has 0 saturated carbocycles. The summed E-state index contributed by atoms with van der Waals surface area (Å²) in [6.07, 6.45) is 1.37. The third-order valence-electron chi connectivity index (χ3n) is 4.21. The molecule has 0 saturated heterocycles. The maximum Gasteiger partial charge on any atom is 0.152 e. The molecule has 1 N–H and O–H groups in total. The van der Waals surface area contributed by atoms with Crippen molar-refractivity contribution >= 4 is 17.4 Å². The Morgan fingerprint density at radius 2 is 1.37 bits per heavy atom.